The van der Waals surface area contributed by atoms with E-state index < -0.39 is 0 Å². The molecule has 0 amide bonds. The normalized spacial score (nSPS) is 12.5. The zero-order valence-electron chi connectivity index (χ0n) is 9.55. The van der Waals surface area contributed by atoms with E-state index in [1.165, 1.54) is 11.6 Å². The van der Waals surface area contributed by atoms with E-state index in [1.807, 2.05) is 25.1 Å². The van der Waals surface area contributed by atoms with Gasteiger partial charge >= 0.3 is 0 Å². The molecule has 0 aliphatic heterocycles. The van der Waals surface area contributed by atoms with Crippen LogP contribution in [0.4, 0.5) is 4.39 Å². The lowest BCUT2D eigenvalue weighted by molar-refractivity contribution is 0.620. The molecule has 0 aliphatic rings. The van der Waals surface area contributed by atoms with Crippen LogP contribution in [0.25, 0.3) is 0 Å². The molecule has 0 aliphatic carbocycles. The van der Waals surface area contributed by atoms with E-state index >= 15 is 0 Å². The van der Waals surface area contributed by atoms with Gasteiger partial charge < -0.3 is 0 Å². The predicted octanol–water partition coefficient (Wildman–Crippen LogP) is 6.14. The van der Waals surface area contributed by atoms with Crippen molar-refractivity contribution in [1.82, 2.24) is 0 Å². The number of halogens is 4. The van der Waals surface area contributed by atoms with Crippen LogP contribution in [0.5, 0.6) is 0 Å². The third-order valence-electron chi connectivity index (χ3n) is 2.73. The molecule has 0 bridgehead atoms. The summed E-state index contributed by atoms with van der Waals surface area (Å²) in [5.74, 6) is -0.248. The molecular weight excluding hydrogens is 427 g/mol. The van der Waals surface area contributed by atoms with Gasteiger partial charge in [0.05, 0.1) is 9.30 Å². The highest BCUT2D eigenvalue weighted by atomic mass is 79.9. The first-order chi connectivity index (χ1) is 8.50. The molecule has 1 atom stereocenters. The molecule has 0 aromatic heterocycles. The second kappa shape index (κ2) is 5.85. The number of hydrogen-bond acceptors (Lipinski definition) is 0. The van der Waals surface area contributed by atoms with Crippen LogP contribution in [0.1, 0.15) is 21.5 Å². The van der Waals surface area contributed by atoms with E-state index in [1.54, 1.807) is 12.1 Å². The summed E-state index contributed by atoms with van der Waals surface area (Å²) >= 11 is 10.5. The fraction of sp³-hybridized carbons (Fsp3) is 0.143. The highest BCUT2D eigenvalue weighted by Gasteiger charge is 2.15. The minimum Gasteiger partial charge on any atom is -0.206 e. The summed E-state index contributed by atoms with van der Waals surface area (Å²) in [5.41, 5.74) is 3.32. The molecule has 0 radical (unpaired) electrons. The van der Waals surface area contributed by atoms with Crippen molar-refractivity contribution in [2.45, 2.75) is 11.8 Å². The van der Waals surface area contributed by atoms with Crippen LogP contribution in [0.3, 0.4) is 0 Å². The number of rotatable bonds is 2. The average Bonchev–Trinajstić information content (AvgIpc) is 2.35. The molecule has 18 heavy (non-hydrogen) atoms. The van der Waals surface area contributed by atoms with Crippen LogP contribution in [-0.2, 0) is 0 Å². The molecule has 0 nitrogen and oxygen atoms in total. The monoisotopic (exact) mass is 434 g/mol. The van der Waals surface area contributed by atoms with Gasteiger partial charge in [-0.3, -0.25) is 0 Å². The van der Waals surface area contributed by atoms with Crippen molar-refractivity contribution in [3.63, 3.8) is 0 Å². The van der Waals surface area contributed by atoms with Gasteiger partial charge in [-0.15, -0.1) is 0 Å². The van der Waals surface area contributed by atoms with E-state index in [4.69, 9.17) is 0 Å². The smallest absolute Gasteiger partial charge is 0.137 e. The molecule has 2 aromatic rings. The highest BCUT2D eigenvalue weighted by molar-refractivity contribution is 9.11. The predicted molar refractivity (Wildman–Crippen MR) is 83.7 cm³/mol. The van der Waals surface area contributed by atoms with E-state index in [0.29, 0.717) is 4.47 Å². The molecular formula is C14H10Br3F. The van der Waals surface area contributed by atoms with E-state index in [0.717, 1.165) is 15.6 Å². The molecule has 0 heterocycles. The largest absolute Gasteiger partial charge is 0.206 e. The van der Waals surface area contributed by atoms with Crippen LogP contribution >= 0.6 is 47.8 Å². The first-order valence-corrected chi connectivity index (χ1v) is 7.85. The minimum atomic E-state index is -0.248. The van der Waals surface area contributed by atoms with Gasteiger partial charge in [-0.1, -0.05) is 56.1 Å². The summed E-state index contributed by atoms with van der Waals surface area (Å²) in [6.45, 7) is 2.05. The van der Waals surface area contributed by atoms with Crippen LogP contribution in [0.2, 0.25) is 0 Å². The zero-order chi connectivity index (χ0) is 13.3. The molecule has 0 saturated carbocycles. The van der Waals surface area contributed by atoms with Crippen molar-refractivity contribution in [2.24, 2.45) is 0 Å². The maximum absolute atomic E-state index is 13.2. The topological polar surface area (TPSA) is 0 Å². The van der Waals surface area contributed by atoms with Gasteiger partial charge in [-0.25, -0.2) is 4.39 Å². The summed E-state index contributed by atoms with van der Waals surface area (Å²) in [4.78, 5) is 0.0312. The molecule has 0 fully saturated rings. The summed E-state index contributed by atoms with van der Waals surface area (Å²) in [6, 6.07) is 11.2. The van der Waals surface area contributed by atoms with Gasteiger partial charge in [-0.05, 0) is 51.7 Å². The number of benzene rings is 2. The summed E-state index contributed by atoms with van der Waals surface area (Å²) in [7, 11) is 0. The van der Waals surface area contributed by atoms with Crippen molar-refractivity contribution < 1.29 is 4.39 Å². The molecule has 2 aromatic carbocycles. The Morgan fingerprint density at radius 2 is 1.83 bits per heavy atom. The van der Waals surface area contributed by atoms with Crippen molar-refractivity contribution in [1.29, 1.82) is 0 Å². The Labute approximate surface area is 131 Å². The Morgan fingerprint density at radius 1 is 1.11 bits per heavy atom. The molecule has 0 saturated heterocycles. The van der Waals surface area contributed by atoms with Gasteiger partial charge in [0.2, 0.25) is 0 Å². The number of aryl methyl sites for hydroxylation is 1. The Morgan fingerprint density at radius 3 is 2.50 bits per heavy atom. The SMILES string of the molecule is Cc1cccc(C(Br)c2ccc(F)c(Br)c2)c1Br. The Kier molecular flexibility index (Phi) is 4.62. The molecule has 0 spiro atoms. The van der Waals surface area contributed by atoms with Gasteiger partial charge in [0.1, 0.15) is 5.82 Å². The van der Waals surface area contributed by atoms with E-state index in [2.05, 4.69) is 47.8 Å². The fourth-order valence-corrected chi connectivity index (χ4v) is 3.58. The van der Waals surface area contributed by atoms with Gasteiger partial charge in [-0.2, -0.15) is 0 Å². The lowest BCUT2D eigenvalue weighted by Gasteiger charge is -2.14. The number of alkyl halides is 1. The lowest BCUT2D eigenvalue weighted by Crippen LogP contribution is -1.96. The molecule has 2 rings (SSSR count). The van der Waals surface area contributed by atoms with Gasteiger partial charge in [0.15, 0.2) is 0 Å². The molecule has 4 heteroatoms. The Hall–Kier alpha value is -0.190. The summed E-state index contributed by atoms with van der Waals surface area (Å²) in [5, 5.41) is 0. The molecule has 0 N–H and O–H groups in total. The fourth-order valence-electron chi connectivity index (χ4n) is 1.72. The maximum atomic E-state index is 13.2. The second-order valence-corrected chi connectivity index (χ2v) is 6.58. The first-order valence-electron chi connectivity index (χ1n) is 5.34. The average molecular weight is 437 g/mol. The van der Waals surface area contributed by atoms with Gasteiger partial charge in [0.25, 0.3) is 0 Å². The Bertz CT molecular complexity index is 581. The number of hydrogen-bond donors (Lipinski definition) is 0. The standard InChI is InChI=1S/C14H10Br3F/c1-8-3-2-4-10(13(8)16)14(17)9-5-6-12(18)11(15)7-9/h2-7,14H,1H3. The van der Waals surface area contributed by atoms with Crippen molar-refractivity contribution >= 4 is 47.8 Å². The van der Waals surface area contributed by atoms with Crippen LogP contribution in [0.15, 0.2) is 45.3 Å². The lowest BCUT2D eigenvalue weighted by atomic mass is 10.0. The quantitative estimate of drug-likeness (QED) is 0.496. The van der Waals surface area contributed by atoms with Crippen molar-refractivity contribution in [3.8, 4) is 0 Å². The third-order valence-corrected chi connectivity index (χ3v) is 5.44. The second-order valence-electron chi connectivity index (χ2n) is 4.01. The van der Waals surface area contributed by atoms with E-state index in [-0.39, 0.29) is 10.6 Å². The zero-order valence-corrected chi connectivity index (χ0v) is 14.3. The van der Waals surface area contributed by atoms with E-state index in [9.17, 15) is 4.39 Å². The summed E-state index contributed by atoms with van der Waals surface area (Å²) in [6.07, 6.45) is 0. The maximum Gasteiger partial charge on any atom is 0.137 e. The Balaban J connectivity index is 2.44. The molecule has 1 unspecified atom stereocenters. The first kappa shape index (κ1) is 14.2. The van der Waals surface area contributed by atoms with Crippen LogP contribution < -0.4 is 0 Å². The van der Waals surface area contributed by atoms with Crippen LogP contribution in [0, 0.1) is 12.7 Å². The van der Waals surface area contributed by atoms with Gasteiger partial charge in [0, 0.05) is 4.47 Å². The third kappa shape index (κ3) is 2.86. The summed E-state index contributed by atoms with van der Waals surface area (Å²) < 4.78 is 14.8. The van der Waals surface area contributed by atoms with Crippen LogP contribution in [-0.4, -0.2) is 0 Å². The van der Waals surface area contributed by atoms with Crippen molar-refractivity contribution in [3.05, 3.63) is 67.9 Å². The molecule has 94 valence electrons. The highest BCUT2D eigenvalue weighted by Crippen LogP contribution is 2.37. The van der Waals surface area contributed by atoms with Crippen molar-refractivity contribution in [2.75, 3.05) is 0 Å². The minimum absolute atomic E-state index is 0.0312.